The second kappa shape index (κ2) is 11.2. The molecule has 20 heavy (non-hydrogen) atoms. The lowest BCUT2D eigenvalue weighted by molar-refractivity contribution is -0.120. The molecule has 0 aromatic heterocycles. The number of hydrogen-bond acceptors (Lipinski definition) is 3. The zero-order chi connectivity index (χ0) is 14.6. The summed E-state index contributed by atoms with van der Waals surface area (Å²) in [5.74, 6) is 0.662. The van der Waals surface area contributed by atoms with E-state index >= 15 is 0 Å². The normalized spacial score (nSPS) is 19.5. The molecule has 1 saturated carbocycles. The molecular weight excluding hydrogens is 249 g/mol. The van der Waals surface area contributed by atoms with Crippen molar-refractivity contribution in [3.8, 4) is 0 Å². The molecule has 1 fully saturated rings. The first-order valence-electron chi connectivity index (χ1n) is 8.47. The van der Waals surface area contributed by atoms with E-state index in [2.05, 4.69) is 5.23 Å². The van der Waals surface area contributed by atoms with Crippen LogP contribution in [0.3, 0.4) is 0 Å². The van der Waals surface area contributed by atoms with Crippen LogP contribution in [-0.4, -0.2) is 25.9 Å². The Morgan fingerprint density at radius 2 is 1.70 bits per heavy atom. The molecule has 0 bridgehead atoms. The zero-order valence-corrected chi connectivity index (χ0v) is 12.9. The van der Waals surface area contributed by atoms with Crippen LogP contribution in [0.4, 0.5) is 0 Å². The van der Waals surface area contributed by atoms with Gasteiger partial charge in [0, 0.05) is 0 Å². The number of hydrogen-bond donors (Lipinski definition) is 3. The first-order chi connectivity index (χ1) is 9.74. The Morgan fingerprint density at radius 3 is 2.30 bits per heavy atom. The van der Waals surface area contributed by atoms with Gasteiger partial charge in [-0.15, -0.1) is 0 Å². The summed E-state index contributed by atoms with van der Waals surface area (Å²) in [5, 5.41) is 3.05. The highest BCUT2D eigenvalue weighted by Crippen LogP contribution is 2.24. The molecule has 5 heteroatoms. The molecule has 1 atom stereocenters. The van der Waals surface area contributed by atoms with Crippen LogP contribution in [0.5, 0.6) is 0 Å². The van der Waals surface area contributed by atoms with Gasteiger partial charge in [0.25, 0.3) is 0 Å². The molecule has 0 aromatic carbocycles. The summed E-state index contributed by atoms with van der Waals surface area (Å²) in [6.45, 7) is 0.677. The third-order valence-electron chi connectivity index (χ3n) is 4.35. The molecule has 116 valence electrons. The highest BCUT2D eigenvalue weighted by molar-refractivity contribution is 6.39. The Balaban J connectivity index is 2.20. The molecule has 0 saturated heterocycles. The summed E-state index contributed by atoms with van der Waals surface area (Å²) in [6.07, 6.45) is 13.2. The van der Waals surface area contributed by atoms with Crippen LogP contribution < -0.4 is 16.7 Å². The minimum Gasteiger partial charge on any atom is -0.401 e. The highest BCUT2D eigenvalue weighted by Gasteiger charge is 2.17. The summed E-state index contributed by atoms with van der Waals surface area (Å²) >= 11 is 0. The van der Waals surface area contributed by atoms with Crippen molar-refractivity contribution in [1.29, 1.82) is 0 Å². The predicted octanol–water partition coefficient (Wildman–Crippen LogP) is 1.83. The van der Waals surface area contributed by atoms with E-state index in [0.717, 1.165) is 26.7 Å². The maximum atomic E-state index is 11.9. The number of nitrogens with two attached hydrogens (primary N) is 2. The van der Waals surface area contributed by atoms with Crippen molar-refractivity contribution in [1.82, 2.24) is 5.23 Å². The maximum absolute atomic E-state index is 11.9. The van der Waals surface area contributed by atoms with E-state index in [9.17, 15) is 4.79 Å². The molecule has 5 N–H and O–H groups in total. The number of rotatable bonds is 7. The Kier molecular flexibility index (Phi) is 9.76. The molecule has 0 spiro atoms. The fourth-order valence-electron chi connectivity index (χ4n) is 2.94. The van der Waals surface area contributed by atoms with Crippen LogP contribution in [0.1, 0.15) is 70.6 Å². The minimum atomic E-state index is -0.363. The van der Waals surface area contributed by atoms with Crippen molar-refractivity contribution in [3.63, 3.8) is 0 Å². The van der Waals surface area contributed by atoms with Crippen LogP contribution >= 0.6 is 0 Å². The molecule has 1 rings (SSSR count). The second-order valence-electron chi connectivity index (χ2n) is 6.20. The second-order valence-corrected chi connectivity index (χ2v) is 6.20. The van der Waals surface area contributed by atoms with Gasteiger partial charge in [0.05, 0.1) is 6.04 Å². The summed E-state index contributed by atoms with van der Waals surface area (Å²) in [4.78, 5) is 11.9. The van der Waals surface area contributed by atoms with Crippen molar-refractivity contribution in [2.45, 2.75) is 82.5 Å². The van der Waals surface area contributed by atoms with Gasteiger partial charge in [0.1, 0.15) is 0 Å². The van der Waals surface area contributed by atoms with Crippen molar-refractivity contribution < 1.29 is 4.79 Å². The molecule has 1 aliphatic carbocycles. The standard InChI is InChI=1S/C15H32BN3O/c17-12-8-7-11-14(18)15(20)19-16-13-9-5-3-1-2-4-6-10-13/h13-14,16H,1-12,17-18H2,(H,19,20). The van der Waals surface area contributed by atoms with Crippen molar-refractivity contribution in [3.05, 3.63) is 0 Å². The Morgan fingerprint density at radius 1 is 1.10 bits per heavy atom. The van der Waals surface area contributed by atoms with Crippen LogP contribution in [0.25, 0.3) is 0 Å². The topological polar surface area (TPSA) is 81.1 Å². The molecule has 1 aliphatic rings. The number of unbranched alkanes of at least 4 members (excludes halogenated alkanes) is 1. The zero-order valence-electron chi connectivity index (χ0n) is 12.9. The van der Waals surface area contributed by atoms with Gasteiger partial charge in [-0.25, -0.2) is 0 Å². The average Bonchev–Trinajstić information content (AvgIpc) is 2.58. The van der Waals surface area contributed by atoms with Crippen LogP contribution in [0.15, 0.2) is 0 Å². The molecule has 0 aliphatic heterocycles. The fourth-order valence-corrected chi connectivity index (χ4v) is 2.94. The third-order valence-corrected chi connectivity index (χ3v) is 4.35. The van der Waals surface area contributed by atoms with Gasteiger partial charge in [-0.2, -0.15) is 0 Å². The molecule has 1 unspecified atom stereocenters. The molecule has 0 heterocycles. The Bertz CT molecular complexity index is 254. The van der Waals surface area contributed by atoms with Gasteiger partial charge in [0.2, 0.25) is 13.3 Å². The predicted molar refractivity (Wildman–Crippen MR) is 86.9 cm³/mol. The Labute approximate surface area is 124 Å². The molecular formula is C15H32BN3O. The average molecular weight is 281 g/mol. The molecule has 1 amide bonds. The van der Waals surface area contributed by atoms with E-state index in [1.165, 1.54) is 51.4 Å². The SMILES string of the molecule is NCCCCC(N)C(=O)NBC1CCCCCCCC1. The number of carbonyl (C=O) groups is 1. The van der Waals surface area contributed by atoms with E-state index in [0.29, 0.717) is 12.4 Å². The number of amides is 1. The van der Waals surface area contributed by atoms with Crippen molar-refractivity contribution in [2.24, 2.45) is 11.5 Å². The lowest BCUT2D eigenvalue weighted by Gasteiger charge is -2.17. The van der Waals surface area contributed by atoms with E-state index in [4.69, 9.17) is 11.5 Å². The summed E-state index contributed by atoms with van der Waals surface area (Å²) < 4.78 is 0. The third kappa shape index (κ3) is 7.90. The number of nitrogens with one attached hydrogen (secondary N) is 1. The van der Waals surface area contributed by atoms with Gasteiger partial charge >= 0.3 is 0 Å². The first kappa shape index (κ1) is 17.5. The largest absolute Gasteiger partial charge is 0.401 e. The van der Waals surface area contributed by atoms with E-state index in [1.807, 2.05) is 0 Å². The first-order valence-corrected chi connectivity index (χ1v) is 8.47. The highest BCUT2D eigenvalue weighted by atomic mass is 16.1. The van der Waals surface area contributed by atoms with Crippen LogP contribution in [0, 0.1) is 0 Å². The van der Waals surface area contributed by atoms with Crippen molar-refractivity contribution >= 4 is 13.3 Å². The van der Waals surface area contributed by atoms with Crippen molar-refractivity contribution in [2.75, 3.05) is 6.54 Å². The fraction of sp³-hybridized carbons (Fsp3) is 0.933. The van der Waals surface area contributed by atoms with E-state index in [-0.39, 0.29) is 11.9 Å². The lowest BCUT2D eigenvalue weighted by atomic mass is 9.70. The summed E-state index contributed by atoms with van der Waals surface area (Å²) in [5.41, 5.74) is 11.3. The van der Waals surface area contributed by atoms with Gasteiger partial charge in [-0.1, -0.05) is 57.8 Å². The summed E-state index contributed by atoms with van der Waals surface area (Å²) in [6, 6.07) is -0.363. The van der Waals surface area contributed by atoms with Crippen LogP contribution in [0.2, 0.25) is 5.82 Å². The van der Waals surface area contributed by atoms with Gasteiger partial charge in [-0.3, -0.25) is 4.79 Å². The smallest absolute Gasteiger partial charge is 0.239 e. The quantitative estimate of drug-likeness (QED) is 0.492. The summed E-state index contributed by atoms with van der Waals surface area (Å²) in [7, 11) is 0.809. The molecule has 0 radical (unpaired) electrons. The number of carbonyl (C=O) groups excluding carboxylic acids is 1. The van der Waals surface area contributed by atoms with Gasteiger partial charge in [0.15, 0.2) is 0 Å². The lowest BCUT2D eigenvalue weighted by Crippen LogP contribution is -2.43. The minimum absolute atomic E-state index is 0.0156. The van der Waals surface area contributed by atoms with E-state index in [1.54, 1.807) is 0 Å². The molecule has 4 nitrogen and oxygen atoms in total. The van der Waals surface area contributed by atoms with Gasteiger partial charge < -0.3 is 16.7 Å². The van der Waals surface area contributed by atoms with Gasteiger partial charge in [-0.05, 0) is 25.2 Å². The van der Waals surface area contributed by atoms with E-state index < -0.39 is 0 Å². The Hall–Kier alpha value is -0.545. The maximum Gasteiger partial charge on any atom is 0.239 e. The van der Waals surface area contributed by atoms with Crippen LogP contribution in [-0.2, 0) is 4.79 Å². The molecule has 0 aromatic rings. The monoisotopic (exact) mass is 281 g/mol.